The van der Waals surface area contributed by atoms with E-state index in [1.807, 2.05) is 13.8 Å². The van der Waals surface area contributed by atoms with Gasteiger partial charge in [0.25, 0.3) is 0 Å². The first-order chi connectivity index (χ1) is 9.23. The lowest BCUT2D eigenvalue weighted by Gasteiger charge is -2.03. The summed E-state index contributed by atoms with van der Waals surface area (Å²) >= 11 is 0. The van der Waals surface area contributed by atoms with Gasteiger partial charge < -0.3 is 9.73 Å². The lowest BCUT2D eigenvalue weighted by Crippen LogP contribution is -2.26. The predicted octanol–water partition coefficient (Wildman–Crippen LogP) is 3.15. The number of rotatable bonds is 4. The molecule has 1 aliphatic rings. The van der Waals surface area contributed by atoms with Crippen molar-refractivity contribution in [2.45, 2.75) is 48.1 Å². The molecule has 1 fully saturated rings. The van der Waals surface area contributed by atoms with Crippen LogP contribution in [0.2, 0.25) is 0 Å². The van der Waals surface area contributed by atoms with Crippen molar-refractivity contribution in [3.05, 3.63) is 29.0 Å². The quantitative estimate of drug-likeness (QED) is 0.859. The second-order valence-electron chi connectivity index (χ2n) is 6.54. The Labute approximate surface area is 120 Å². The van der Waals surface area contributed by atoms with Crippen LogP contribution in [0.15, 0.2) is 16.1 Å². The molecule has 1 aromatic rings. The Balaban J connectivity index is 1.95. The van der Waals surface area contributed by atoms with E-state index >= 15 is 0 Å². The second kappa shape index (κ2) is 5.08. The highest BCUT2D eigenvalue weighted by molar-refractivity contribution is 5.83. The number of carbonyl (C=O) groups is 1. The molecule has 1 aliphatic carbocycles. The van der Waals surface area contributed by atoms with Crippen LogP contribution in [0, 0.1) is 31.1 Å². The van der Waals surface area contributed by atoms with Gasteiger partial charge in [0.2, 0.25) is 11.8 Å². The van der Waals surface area contributed by atoms with Gasteiger partial charge in [0, 0.05) is 0 Å². The number of amides is 1. The first-order valence-electron chi connectivity index (χ1n) is 7.09. The van der Waals surface area contributed by atoms with E-state index in [9.17, 15) is 4.79 Å². The third-order valence-corrected chi connectivity index (χ3v) is 4.19. The zero-order valence-corrected chi connectivity index (χ0v) is 13.2. The molecular formula is C16H24N2O2. The van der Waals surface area contributed by atoms with Crippen LogP contribution < -0.4 is 5.32 Å². The summed E-state index contributed by atoms with van der Waals surface area (Å²) in [6.07, 6.45) is 2.20. The van der Waals surface area contributed by atoms with Crippen LogP contribution in [0.5, 0.6) is 0 Å². The molecule has 0 spiro atoms. The summed E-state index contributed by atoms with van der Waals surface area (Å²) < 4.78 is 5.47. The molecule has 20 heavy (non-hydrogen) atoms. The van der Waals surface area contributed by atoms with Crippen molar-refractivity contribution in [3.63, 3.8) is 0 Å². The van der Waals surface area contributed by atoms with E-state index in [4.69, 9.17) is 4.42 Å². The molecule has 0 aliphatic heterocycles. The van der Waals surface area contributed by atoms with Crippen molar-refractivity contribution in [2.24, 2.45) is 17.3 Å². The average Bonchev–Trinajstić information content (AvgIpc) is 2.69. The topological polar surface area (TPSA) is 55.1 Å². The zero-order valence-electron chi connectivity index (χ0n) is 13.2. The number of aryl methyl sites for hydroxylation is 2. The van der Waals surface area contributed by atoms with E-state index in [0.29, 0.717) is 18.4 Å². The number of allylic oxidation sites excluding steroid dienone is 2. The van der Waals surface area contributed by atoms with Gasteiger partial charge in [-0.25, -0.2) is 4.98 Å². The minimum absolute atomic E-state index is 0.0454. The van der Waals surface area contributed by atoms with E-state index in [-0.39, 0.29) is 17.2 Å². The van der Waals surface area contributed by atoms with Crippen molar-refractivity contribution < 1.29 is 9.21 Å². The van der Waals surface area contributed by atoms with E-state index in [1.54, 1.807) is 0 Å². The fourth-order valence-electron chi connectivity index (χ4n) is 2.74. The maximum atomic E-state index is 12.3. The summed E-state index contributed by atoms with van der Waals surface area (Å²) in [4.78, 5) is 16.5. The highest BCUT2D eigenvalue weighted by Gasteiger charge is 2.60. The Hall–Kier alpha value is -1.58. The third kappa shape index (κ3) is 2.79. The molecule has 4 heteroatoms. The van der Waals surface area contributed by atoms with Gasteiger partial charge in [0.15, 0.2) is 0 Å². The Morgan fingerprint density at radius 1 is 1.40 bits per heavy atom. The number of nitrogens with zero attached hydrogens (tertiary/aromatic N) is 1. The van der Waals surface area contributed by atoms with Crippen molar-refractivity contribution in [1.82, 2.24) is 10.3 Å². The number of hydrogen-bond donors (Lipinski definition) is 1. The number of nitrogens with one attached hydrogen (secondary N) is 1. The molecule has 1 aromatic heterocycles. The van der Waals surface area contributed by atoms with Crippen LogP contribution >= 0.6 is 0 Å². The minimum Gasteiger partial charge on any atom is -0.444 e. The highest BCUT2D eigenvalue weighted by atomic mass is 16.4. The minimum atomic E-state index is 0.0454. The van der Waals surface area contributed by atoms with Gasteiger partial charge in [0.1, 0.15) is 5.76 Å². The Morgan fingerprint density at radius 3 is 2.55 bits per heavy atom. The van der Waals surface area contributed by atoms with Gasteiger partial charge in [-0.1, -0.05) is 25.5 Å². The molecule has 0 radical (unpaired) electrons. The average molecular weight is 276 g/mol. The molecule has 2 atom stereocenters. The van der Waals surface area contributed by atoms with Crippen molar-refractivity contribution in [2.75, 3.05) is 0 Å². The Bertz CT molecular complexity index is 531. The molecule has 2 rings (SSSR count). The van der Waals surface area contributed by atoms with Gasteiger partial charge in [-0.2, -0.15) is 0 Å². The second-order valence-corrected chi connectivity index (χ2v) is 6.54. The third-order valence-electron chi connectivity index (χ3n) is 4.19. The number of carbonyl (C=O) groups excluding carboxylic acids is 1. The van der Waals surface area contributed by atoms with Gasteiger partial charge in [0.05, 0.1) is 18.2 Å². The summed E-state index contributed by atoms with van der Waals surface area (Å²) in [7, 11) is 0. The molecule has 0 bridgehead atoms. The Kier molecular flexibility index (Phi) is 3.76. The van der Waals surface area contributed by atoms with Crippen LogP contribution in [0.4, 0.5) is 0 Å². The number of oxazole rings is 1. The molecular weight excluding hydrogens is 252 g/mol. The molecule has 110 valence electrons. The van der Waals surface area contributed by atoms with Crippen molar-refractivity contribution in [3.8, 4) is 0 Å². The molecule has 0 aromatic carbocycles. The van der Waals surface area contributed by atoms with Crippen molar-refractivity contribution in [1.29, 1.82) is 0 Å². The van der Waals surface area contributed by atoms with Crippen LogP contribution in [-0.4, -0.2) is 10.9 Å². The number of aromatic nitrogens is 1. The Morgan fingerprint density at radius 2 is 2.05 bits per heavy atom. The molecule has 1 N–H and O–H groups in total. The smallest absolute Gasteiger partial charge is 0.224 e. The van der Waals surface area contributed by atoms with Gasteiger partial charge in [-0.3, -0.25) is 4.79 Å². The summed E-state index contributed by atoms with van der Waals surface area (Å²) in [5, 5.41) is 2.94. The van der Waals surface area contributed by atoms with Crippen LogP contribution in [0.1, 0.15) is 45.0 Å². The van der Waals surface area contributed by atoms with Gasteiger partial charge in [-0.05, 0) is 39.0 Å². The standard InChI is InChI=1S/C16H24N2O2/c1-9(2)7-12-14(16(12,5)6)15(19)17-8-13-18-10(3)11(4)20-13/h7,12,14H,8H2,1-6H3,(H,17,19)/t12-,14-/m0/s1. The van der Waals surface area contributed by atoms with Crippen LogP contribution in [-0.2, 0) is 11.3 Å². The molecule has 0 saturated heterocycles. The lowest BCUT2D eigenvalue weighted by molar-refractivity contribution is -0.123. The maximum Gasteiger partial charge on any atom is 0.224 e. The molecule has 1 amide bonds. The highest BCUT2D eigenvalue weighted by Crippen LogP contribution is 2.59. The first kappa shape index (κ1) is 14.8. The summed E-state index contributed by atoms with van der Waals surface area (Å²) in [6.45, 7) is 12.6. The van der Waals surface area contributed by atoms with Crippen molar-refractivity contribution >= 4 is 5.91 Å². The van der Waals surface area contributed by atoms with E-state index in [1.165, 1.54) is 5.57 Å². The molecule has 4 nitrogen and oxygen atoms in total. The van der Waals surface area contributed by atoms with E-state index in [2.05, 4.69) is 44.1 Å². The summed E-state index contributed by atoms with van der Waals surface area (Å²) in [5.74, 6) is 1.86. The molecule has 1 heterocycles. The largest absolute Gasteiger partial charge is 0.444 e. The van der Waals surface area contributed by atoms with Gasteiger partial charge >= 0.3 is 0 Å². The normalized spacial score (nSPS) is 23.3. The summed E-state index contributed by atoms with van der Waals surface area (Å²) in [6, 6.07) is 0. The van der Waals surface area contributed by atoms with E-state index < -0.39 is 0 Å². The predicted molar refractivity (Wildman–Crippen MR) is 78.0 cm³/mol. The fraction of sp³-hybridized carbons (Fsp3) is 0.625. The zero-order chi connectivity index (χ0) is 15.1. The molecule has 0 unspecified atom stereocenters. The molecule has 1 saturated carbocycles. The SMILES string of the molecule is CC(C)=C[C@H]1[C@@H](C(=O)NCc2nc(C)c(C)o2)C1(C)C. The monoisotopic (exact) mass is 276 g/mol. The maximum absolute atomic E-state index is 12.3. The summed E-state index contributed by atoms with van der Waals surface area (Å²) in [5.41, 5.74) is 2.18. The lowest BCUT2D eigenvalue weighted by atomic mass is 10.1. The number of hydrogen-bond acceptors (Lipinski definition) is 3. The van der Waals surface area contributed by atoms with Crippen LogP contribution in [0.3, 0.4) is 0 Å². The fourth-order valence-corrected chi connectivity index (χ4v) is 2.74. The van der Waals surface area contributed by atoms with E-state index in [0.717, 1.165) is 11.5 Å². The first-order valence-corrected chi connectivity index (χ1v) is 7.09. The van der Waals surface area contributed by atoms with Crippen LogP contribution in [0.25, 0.3) is 0 Å². The van der Waals surface area contributed by atoms with Gasteiger partial charge in [-0.15, -0.1) is 0 Å².